The van der Waals surface area contributed by atoms with Crippen LogP contribution in [0.4, 0.5) is 0 Å². The molecule has 34 heavy (non-hydrogen) atoms. The molecule has 7 aromatic rings. The quantitative estimate of drug-likeness (QED) is 0.256. The average Bonchev–Trinajstić information content (AvgIpc) is 3.43. The van der Waals surface area contributed by atoms with E-state index in [2.05, 4.69) is 102 Å². The van der Waals surface area contributed by atoms with Gasteiger partial charge < -0.3 is 9.30 Å². The van der Waals surface area contributed by atoms with E-state index in [9.17, 15) is 0 Å². The van der Waals surface area contributed by atoms with Gasteiger partial charge in [-0.25, -0.2) is 0 Å². The number of benzene rings is 5. The molecule has 0 bridgehead atoms. The van der Waals surface area contributed by atoms with E-state index in [0.29, 0.717) is 0 Å². The summed E-state index contributed by atoms with van der Waals surface area (Å²) >= 11 is 1.91. The maximum absolute atomic E-state index is 6.42. The molecule has 4 heteroatoms. The molecule has 0 radical (unpaired) electrons. The molecular weight excluding hydrogens is 433 g/mol. The van der Waals surface area contributed by atoms with Crippen LogP contribution in [-0.2, 0) is 0 Å². The van der Waals surface area contributed by atoms with Crippen molar-refractivity contribution >= 4 is 76.4 Å². The van der Waals surface area contributed by atoms with Crippen molar-refractivity contribution in [3.8, 4) is 17.2 Å². The van der Waals surface area contributed by atoms with Crippen LogP contribution in [0.2, 0.25) is 0 Å². The van der Waals surface area contributed by atoms with Gasteiger partial charge in [-0.3, -0.25) is 0 Å². The van der Waals surface area contributed by atoms with Gasteiger partial charge in [0.1, 0.15) is 11.5 Å². The van der Waals surface area contributed by atoms with Crippen molar-refractivity contribution in [3.63, 3.8) is 0 Å². The first-order valence-corrected chi connectivity index (χ1v) is 12.5. The van der Waals surface area contributed by atoms with E-state index < -0.39 is 0 Å². The van der Waals surface area contributed by atoms with Crippen molar-refractivity contribution in [1.82, 2.24) is 4.57 Å². The maximum Gasteiger partial charge on any atom is 0.256 e. The lowest BCUT2D eigenvalue weighted by Crippen LogP contribution is -2.58. The molecular formula is C30H16BNOS. The second kappa shape index (κ2) is 5.91. The Hall–Kier alpha value is -4.02. The summed E-state index contributed by atoms with van der Waals surface area (Å²) in [7, 11) is 0. The molecule has 0 atom stereocenters. The lowest BCUT2D eigenvalue weighted by atomic mass is 9.34. The van der Waals surface area contributed by atoms with E-state index in [1.807, 2.05) is 11.3 Å². The molecule has 5 aromatic carbocycles. The summed E-state index contributed by atoms with van der Waals surface area (Å²) in [6.45, 7) is 0.176. The Kier molecular flexibility index (Phi) is 3.03. The number of nitrogens with zero attached hydrogens (tertiary/aromatic N) is 1. The zero-order valence-electron chi connectivity index (χ0n) is 18.1. The van der Waals surface area contributed by atoms with Gasteiger partial charge >= 0.3 is 0 Å². The van der Waals surface area contributed by atoms with Gasteiger partial charge in [0, 0.05) is 42.1 Å². The molecule has 4 heterocycles. The first-order valence-electron chi connectivity index (χ1n) is 11.7. The fraction of sp³-hybridized carbons (Fsp3) is 0. The number of fused-ring (bicyclic) bond motifs is 11. The monoisotopic (exact) mass is 449 g/mol. The molecule has 0 saturated heterocycles. The number of para-hydroxylation sites is 2. The van der Waals surface area contributed by atoms with Crippen LogP contribution >= 0.6 is 11.3 Å². The predicted molar refractivity (Wildman–Crippen MR) is 145 cm³/mol. The van der Waals surface area contributed by atoms with Crippen LogP contribution in [0.3, 0.4) is 0 Å². The molecule has 0 unspecified atom stereocenters. The number of hydrogen-bond donors (Lipinski definition) is 0. The third-order valence-corrected chi connectivity index (χ3v) is 8.86. The van der Waals surface area contributed by atoms with Gasteiger partial charge in [0.15, 0.2) is 0 Å². The second-order valence-electron chi connectivity index (χ2n) is 9.28. The lowest BCUT2D eigenvalue weighted by Gasteiger charge is -2.33. The number of rotatable bonds is 0. The Morgan fingerprint density at radius 2 is 1.44 bits per heavy atom. The smallest absolute Gasteiger partial charge is 0.256 e. The van der Waals surface area contributed by atoms with Crippen LogP contribution in [0.25, 0.3) is 47.7 Å². The van der Waals surface area contributed by atoms with Gasteiger partial charge in [-0.05, 0) is 46.7 Å². The minimum Gasteiger partial charge on any atom is -0.458 e. The first kappa shape index (κ1) is 17.5. The average molecular weight is 449 g/mol. The third kappa shape index (κ3) is 1.92. The summed E-state index contributed by atoms with van der Waals surface area (Å²) in [5.74, 6) is 1.93. The molecule has 0 saturated carbocycles. The van der Waals surface area contributed by atoms with Gasteiger partial charge in [0.2, 0.25) is 0 Å². The molecule has 2 nitrogen and oxygen atoms in total. The molecule has 2 aromatic heterocycles. The minimum absolute atomic E-state index is 0.176. The van der Waals surface area contributed by atoms with Gasteiger partial charge in [0.05, 0.1) is 5.52 Å². The van der Waals surface area contributed by atoms with Crippen LogP contribution in [-0.4, -0.2) is 11.3 Å². The molecule has 0 fully saturated rings. The van der Waals surface area contributed by atoms with E-state index in [1.54, 1.807) is 0 Å². The normalized spacial score (nSPS) is 13.5. The van der Waals surface area contributed by atoms with Crippen molar-refractivity contribution < 1.29 is 4.74 Å². The van der Waals surface area contributed by atoms with Gasteiger partial charge in [-0.15, -0.1) is 11.3 Å². The number of aromatic nitrogens is 1. The van der Waals surface area contributed by atoms with E-state index in [0.717, 1.165) is 11.5 Å². The van der Waals surface area contributed by atoms with E-state index in [-0.39, 0.29) is 6.71 Å². The molecule has 2 aliphatic rings. The van der Waals surface area contributed by atoms with Crippen LogP contribution in [0, 0.1) is 0 Å². The number of hydrogen-bond acceptors (Lipinski definition) is 2. The largest absolute Gasteiger partial charge is 0.458 e. The van der Waals surface area contributed by atoms with Gasteiger partial charge in [-0.1, -0.05) is 66.7 Å². The standard InChI is InChI=1S/C30H16BNOS/c1-4-14-26-17(7-1)18-15-16-22-27(30(18)34-26)19-8-5-10-21-29(19)32(22)23-11-6-13-25-28(23)31(21)20-9-2-3-12-24(20)33-25/h1-16H. The van der Waals surface area contributed by atoms with Crippen molar-refractivity contribution in [1.29, 1.82) is 0 Å². The van der Waals surface area contributed by atoms with Crippen molar-refractivity contribution in [2.45, 2.75) is 0 Å². The SMILES string of the molecule is c1ccc2c(c1)Oc1cccc3c1B2c1cccc2c4c5sc6ccccc6c5ccc4n-3c12. The van der Waals surface area contributed by atoms with Crippen molar-refractivity contribution in [3.05, 3.63) is 97.1 Å². The highest BCUT2D eigenvalue weighted by molar-refractivity contribution is 7.26. The number of ether oxygens (including phenoxy) is 1. The summed E-state index contributed by atoms with van der Waals surface area (Å²) in [6.07, 6.45) is 0. The van der Waals surface area contributed by atoms with Crippen molar-refractivity contribution in [2.24, 2.45) is 0 Å². The first-order chi connectivity index (χ1) is 16.9. The Bertz CT molecular complexity index is 2010. The van der Waals surface area contributed by atoms with Crippen LogP contribution in [0.1, 0.15) is 0 Å². The van der Waals surface area contributed by atoms with E-state index in [4.69, 9.17) is 4.74 Å². The summed E-state index contributed by atoms with van der Waals surface area (Å²) in [5.41, 5.74) is 7.71. The highest BCUT2D eigenvalue weighted by atomic mass is 32.1. The molecule has 0 amide bonds. The summed E-state index contributed by atoms with van der Waals surface area (Å²) in [4.78, 5) is 0. The summed E-state index contributed by atoms with van der Waals surface area (Å²) in [5, 5.41) is 5.39. The zero-order chi connectivity index (χ0) is 22.0. The Balaban J connectivity index is 1.53. The molecule has 0 N–H and O–H groups in total. The number of thiophene rings is 1. The molecule has 0 aliphatic carbocycles. The molecule has 2 aliphatic heterocycles. The fourth-order valence-electron chi connectivity index (χ4n) is 6.36. The van der Waals surface area contributed by atoms with Crippen LogP contribution in [0.5, 0.6) is 11.5 Å². The zero-order valence-corrected chi connectivity index (χ0v) is 18.9. The summed E-state index contributed by atoms with van der Waals surface area (Å²) in [6, 6.07) is 35.3. The van der Waals surface area contributed by atoms with Crippen LogP contribution in [0.15, 0.2) is 97.1 Å². The van der Waals surface area contributed by atoms with E-state index in [1.165, 1.54) is 64.1 Å². The highest BCUT2D eigenvalue weighted by Gasteiger charge is 2.40. The molecule has 9 rings (SSSR count). The Labute approximate surface area is 199 Å². The topological polar surface area (TPSA) is 14.2 Å². The van der Waals surface area contributed by atoms with Gasteiger partial charge in [0.25, 0.3) is 6.71 Å². The van der Waals surface area contributed by atoms with E-state index >= 15 is 0 Å². The third-order valence-electron chi connectivity index (χ3n) is 7.66. The maximum atomic E-state index is 6.42. The summed E-state index contributed by atoms with van der Waals surface area (Å²) < 4.78 is 11.6. The highest BCUT2D eigenvalue weighted by Crippen LogP contribution is 2.44. The molecule has 156 valence electrons. The van der Waals surface area contributed by atoms with Gasteiger partial charge in [-0.2, -0.15) is 0 Å². The predicted octanol–water partition coefficient (Wildman–Crippen LogP) is 6.09. The van der Waals surface area contributed by atoms with Crippen LogP contribution < -0.4 is 21.1 Å². The Morgan fingerprint density at radius 3 is 2.44 bits per heavy atom. The molecule has 0 spiro atoms. The fourth-order valence-corrected chi connectivity index (χ4v) is 7.62. The van der Waals surface area contributed by atoms with Crippen molar-refractivity contribution in [2.75, 3.05) is 0 Å². The second-order valence-corrected chi connectivity index (χ2v) is 10.3. The minimum atomic E-state index is 0.176. The Morgan fingerprint density at radius 1 is 0.647 bits per heavy atom. The lowest BCUT2D eigenvalue weighted by molar-refractivity contribution is 0.487.